The Morgan fingerprint density at radius 2 is 2.27 bits per heavy atom. The van der Waals surface area contributed by atoms with Crippen LogP contribution in [0.3, 0.4) is 0 Å². The Balaban J connectivity index is 1.65. The number of hydrogen-bond donors (Lipinski definition) is 1. The minimum Gasteiger partial charge on any atom is -0.487 e. The van der Waals surface area contributed by atoms with Crippen molar-refractivity contribution in [2.24, 2.45) is 7.05 Å². The molecular formula is C15H14N4O2S. The Kier molecular flexibility index (Phi) is 4.15. The summed E-state index contributed by atoms with van der Waals surface area (Å²) in [6, 6.07) is 10.9. The van der Waals surface area contributed by atoms with Crippen LogP contribution in [-0.2, 0) is 13.7 Å². The molecule has 0 saturated heterocycles. The lowest BCUT2D eigenvalue weighted by Crippen LogP contribution is -2.10. The molecule has 0 spiro atoms. The van der Waals surface area contributed by atoms with Crippen LogP contribution in [0.1, 0.15) is 15.4 Å². The van der Waals surface area contributed by atoms with Gasteiger partial charge >= 0.3 is 0 Å². The van der Waals surface area contributed by atoms with Gasteiger partial charge in [0.05, 0.1) is 16.8 Å². The van der Waals surface area contributed by atoms with Gasteiger partial charge in [-0.1, -0.05) is 17.3 Å². The van der Waals surface area contributed by atoms with Crippen LogP contribution in [0.2, 0.25) is 0 Å². The molecule has 0 radical (unpaired) electrons. The number of rotatable bonds is 5. The average molecular weight is 314 g/mol. The van der Waals surface area contributed by atoms with Crippen molar-refractivity contribution in [3.63, 3.8) is 0 Å². The van der Waals surface area contributed by atoms with Gasteiger partial charge in [0.2, 0.25) is 0 Å². The zero-order valence-corrected chi connectivity index (χ0v) is 12.7. The van der Waals surface area contributed by atoms with Crippen LogP contribution in [0.15, 0.2) is 48.0 Å². The molecule has 1 amide bonds. The van der Waals surface area contributed by atoms with Gasteiger partial charge in [0.15, 0.2) is 0 Å². The molecule has 2 aromatic heterocycles. The summed E-state index contributed by atoms with van der Waals surface area (Å²) in [5.74, 6) is 0.549. The summed E-state index contributed by atoms with van der Waals surface area (Å²) in [7, 11) is 1.81. The second-order valence-electron chi connectivity index (χ2n) is 4.60. The molecule has 7 heteroatoms. The first-order valence-corrected chi connectivity index (χ1v) is 7.51. The van der Waals surface area contributed by atoms with Gasteiger partial charge in [-0.15, -0.1) is 16.4 Å². The quantitative estimate of drug-likeness (QED) is 0.786. The maximum Gasteiger partial charge on any atom is 0.265 e. The van der Waals surface area contributed by atoms with Gasteiger partial charge in [-0.05, 0) is 23.6 Å². The van der Waals surface area contributed by atoms with E-state index in [0.29, 0.717) is 22.9 Å². The van der Waals surface area contributed by atoms with Gasteiger partial charge in [-0.2, -0.15) is 0 Å². The number of aryl methyl sites for hydroxylation is 1. The minimum atomic E-state index is -0.122. The molecule has 1 N–H and O–H groups in total. The molecule has 0 fully saturated rings. The highest BCUT2D eigenvalue weighted by Gasteiger charge is 2.07. The number of nitrogens with zero attached hydrogens (tertiary/aromatic N) is 3. The zero-order valence-electron chi connectivity index (χ0n) is 11.9. The van der Waals surface area contributed by atoms with Crippen molar-refractivity contribution in [3.8, 4) is 5.75 Å². The molecule has 0 aliphatic rings. The van der Waals surface area contributed by atoms with E-state index in [1.165, 1.54) is 11.3 Å². The molecule has 112 valence electrons. The number of ether oxygens (including phenoxy) is 1. The number of anilines is 1. The van der Waals surface area contributed by atoms with E-state index in [2.05, 4.69) is 15.6 Å². The van der Waals surface area contributed by atoms with Crippen molar-refractivity contribution in [2.75, 3.05) is 5.32 Å². The summed E-state index contributed by atoms with van der Waals surface area (Å²) in [6.45, 7) is 0.367. The van der Waals surface area contributed by atoms with Crippen molar-refractivity contribution in [2.45, 2.75) is 6.61 Å². The van der Waals surface area contributed by atoms with Crippen LogP contribution in [0.4, 0.5) is 5.69 Å². The van der Waals surface area contributed by atoms with Crippen LogP contribution in [-0.4, -0.2) is 20.9 Å². The van der Waals surface area contributed by atoms with E-state index in [1.807, 2.05) is 36.7 Å². The maximum atomic E-state index is 12.0. The number of nitrogens with one attached hydrogen (secondary N) is 1. The Morgan fingerprint density at radius 3 is 3.00 bits per heavy atom. The minimum absolute atomic E-state index is 0.122. The molecule has 3 aromatic rings. The lowest BCUT2D eigenvalue weighted by atomic mass is 10.3. The third kappa shape index (κ3) is 3.32. The monoisotopic (exact) mass is 314 g/mol. The molecule has 0 bridgehead atoms. The predicted molar refractivity (Wildman–Crippen MR) is 84.0 cm³/mol. The van der Waals surface area contributed by atoms with Crippen molar-refractivity contribution in [1.29, 1.82) is 0 Å². The molecule has 3 rings (SSSR count). The molecule has 1 aromatic carbocycles. The predicted octanol–water partition coefficient (Wildman–Crippen LogP) is 2.71. The van der Waals surface area contributed by atoms with E-state index in [0.717, 1.165) is 5.69 Å². The largest absolute Gasteiger partial charge is 0.487 e. The molecule has 0 unspecified atom stereocenters. The molecule has 2 heterocycles. The van der Waals surface area contributed by atoms with Crippen molar-refractivity contribution < 1.29 is 9.53 Å². The summed E-state index contributed by atoms with van der Waals surface area (Å²) in [4.78, 5) is 12.7. The van der Waals surface area contributed by atoms with Gasteiger partial charge in [-0.3, -0.25) is 4.79 Å². The first-order valence-electron chi connectivity index (χ1n) is 6.63. The van der Waals surface area contributed by atoms with E-state index >= 15 is 0 Å². The van der Waals surface area contributed by atoms with E-state index in [-0.39, 0.29) is 5.91 Å². The Hall–Kier alpha value is -2.67. The number of amides is 1. The Morgan fingerprint density at radius 1 is 1.36 bits per heavy atom. The molecule has 22 heavy (non-hydrogen) atoms. The highest BCUT2D eigenvalue weighted by atomic mass is 32.1. The molecule has 0 atom stereocenters. The summed E-state index contributed by atoms with van der Waals surface area (Å²) >= 11 is 1.40. The lowest BCUT2D eigenvalue weighted by Gasteiger charge is -2.08. The first-order chi connectivity index (χ1) is 10.7. The molecule has 6 nitrogen and oxygen atoms in total. The van der Waals surface area contributed by atoms with Crippen molar-refractivity contribution >= 4 is 22.9 Å². The maximum absolute atomic E-state index is 12.0. The highest BCUT2D eigenvalue weighted by Crippen LogP contribution is 2.20. The standard InChI is InChI=1S/C15H14N4O2S/c1-19-12(9-16-18-19)10-21-13-5-2-4-11(8-13)17-15(20)14-6-3-7-22-14/h2-9H,10H2,1H3,(H,17,20). The SMILES string of the molecule is Cn1nncc1COc1cccc(NC(=O)c2cccs2)c1. The average Bonchev–Trinajstić information content (AvgIpc) is 3.17. The van der Waals surface area contributed by atoms with Crippen LogP contribution in [0.5, 0.6) is 5.75 Å². The van der Waals surface area contributed by atoms with Crippen molar-refractivity contribution in [3.05, 3.63) is 58.5 Å². The fraction of sp³-hybridized carbons (Fsp3) is 0.133. The lowest BCUT2D eigenvalue weighted by molar-refractivity contribution is 0.103. The van der Waals surface area contributed by atoms with E-state index in [9.17, 15) is 4.79 Å². The third-order valence-corrected chi connectivity index (χ3v) is 3.90. The van der Waals surface area contributed by atoms with Crippen LogP contribution >= 0.6 is 11.3 Å². The number of carbonyl (C=O) groups is 1. The van der Waals surface area contributed by atoms with Crippen LogP contribution in [0, 0.1) is 0 Å². The van der Waals surface area contributed by atoms with Gasteiger partial charge in [0.25, 0.3) is 5.91 Å². The molecule has 0 saturated carbocycles. The second-order valence-corrected chi connectivity index (χ2v) is 5.54. The van der Waals surface area contributed by atoms with Gasteiger partial charge in [0, 0.05) is 18.8 Å². The van der Waals surface area contributed by atoms with E-state index in [4.69, 9.17) is 4.74 Å². The Bertz CT molecular complexity index is 767. The number of thiophene rings is 1. The van der Waals surface area contributed by atoms with Gasteiger partial charge < -0.3 is 10.1 Å². The van der Waals surface area contributed by atoms with Crippen LogP contribution < -0.4 is 10.1 Å². The molecule has 0 aliphatic heterocycles. The zero-order chi connectivity index (χ0) is 15.4. The third-order valence-electron chi connectivity index (χ3n) is 3.03. The number of aromatic nitrogens is 3. The number of carbonyl (C=O) groups excluding carboxylic acids is 1. The van der Waals surface area contributed by atoms with Crippen molar-refractivity contribution in [1.82, 2.24) is 15.0 Å². The van der Waals surface area contributed by atoms with Gasteiger partial charge in [0.1, 0.15) is 12.4 Å². The number of hydrogen-bond acceptors (Lipinski definition) is 5. The smallest absolute Gasteiger partial charge is 0.265 e. The topological polar surface area (TPSA) is 69.0 Å². The molecule has 0 aliphatic carbocycles. The second kappa shape index (κ2) is 6.40. The fourth-order valence-corrected chi connectivity index (χ4v) is 2.48. The summed E-state index contributed by atoms with van der Waals surface area (Å²) in [5, 5.41) is 12.4. The van der Waals surface area contributed by atoms with E-state index in [1.54, 1.807) is 23.0 Å². The summed E-state index contributed by atoms with van der Waals surface area (Å²) in [5.41, 5.74) is 1.56. The summed E-state index contributed by atoms with van der Waals surface area (Å²) in [6.07, 6.45) is 1.66. The fourth-order valence-electron chi connectivity index (χ4n) is 1.86. The highest BCUT2D eigenvalue weighted by molar-refractivity contribution is 7.12. The first kappa shape index (κ1) is 14.3. The normalized spacial score (nSPS) is 10.4. The molecular weight excluding hydrogens is 300 g/mol. The number of benzene rings is 1. The van der Waals surface area contributed by atoms with E-state index < -0.39 is 0 Å². The van der Waals surface area contributed by atoms with Crippen LogP contribution in [0.25, 0.3) is 0 Å². The Labute approximate surface area is 131 Å². The van der Waals surface area contributed by atoms with Gasteiger partial charge in [-0.25, -0.2) is 4.68 Å². The summed E-state index contributed by atoms with van der Waals surface area (Å²) < 4.78 is 7.35.